The smallest absolute Gasteiger partial charge is 0.120 e. The highest BCUT2D eigenvalue weighted by Crippen LogP contribution is 2.29. The van der Waals surface area contributed by atoms with E-state index in [9.17, 15) is 0 Å². The molecule has 11 heavy (non-hydrogen) atoms. The molecular weight excluding hydrogens is 183 g/mol. The summed E-state index contributed by atoms with van der Waals surface area (Å²) >= 11 is 11.6. The van der Waals surface area contributed by atoms with E-state index in [2.05, 4.69) is 0 Å². The summed E-state index contributed by atoms with van der Waals surface area (Å²) in [6.07, 6.45) is 0. The van der Waals surface area contributed by atoms with Gasteiger partial charge in [-0.2, -0.15) is 0 Å². The van der Waals surface area contributed by atoms with E-state index < -0.39 is 0 Å². The van der Waals surface area contributed by atoms with Crippen molar-refractivity contribution in [3.63, 3.8) is 0 Å². The Kier molecular flexibility index (Phi) is 2.63. The fourth-order valence-corrected chi connectivity index (χ4v) is 1.18. The van der Waals surface area contributed by atoms with Crippen LogP contribution in [0.2, 0.25) is 10.0 Å². The molecule has 0 aromatic heterocycles. The minimum Gasteiger partial charge on any atom is -0.497 e. The third-order valence-electron chi connectivity index (χ3n) is 1.42. The second kappa shape index (κ2) is 3.33. The maximum absolute atomic E-state index is 5.82. The predicted octanol–water partition coefficient (Wildman–Crippen LogP) is 3.31. The maximum atomic E-state index is 5.82. The Hall–Kier alpha value is -0.400. The van der Waals surface area contributed by atoms with Crippen molar-refractivity contribution in [3.8, 4) is 5.75 Å². The minimum absolute atomic E-state index is 0.531. The molecule has 0 aliphatic heterocycles. The molecular formula is C8H8Cl2O. The van der Waals surface area contributed by atoms with Crippen molar-refractivity contribution in [1.82, 2.24) is 0 Å². The van der Waals surface area contributed by atoms with Crippen LogP contribution in [0, 0.1) is 6.92 Å². The van der Waals surface area contributed by atoms with Gasteiger partial charge in [0.25, 0.3) is 0 Å². The lowest BCUT2D eigenvalue weighted by molar-refractivity contribution is 0.414. The Morgan fingerprint density at radius 2 is 1.91 bits per heavy atom. The van der Waals surface area contributed by atoms with Crippen molar-refractivity contribution in [1.29, 1.82) is 0 Å². The first-order valence-electron chi connectivity index (χ1n) is 3.15. The molecule has 1 aromatic rings. The molecule has 1 nitrogen and oxygen atoms in total. The minimum atomic E-state index is 0.531. The zero-order valence-corrected chi connectivity index (χ0v) is 7.83. The van der Waals surface area contributed by atoms with Crippen LogP contribution in [0.5, 0.6) is 5.75 Å². The lowest BCUT2D eigenvalue weighted by Crippen LogP contribution is -1.84. The number of hydrogen-bond donors (Lipinski definition) is 0. The average molecular weight is 191 g/mol. The van der Waals surface area contributed by atoms with E-state index in [1.807, 2.05) is 13.0 Å². The molecule has 0 spiro atoms. The predicted molar refractivity (Wildman–Crippen MR) is 47.8 cm³/mol. The first-order valence-corrected chi connectivity index (χ1v) is 3.90. The molecule has 0 saturated heterocycles. The van der Waals surface area contributed by atoms with E-state index in [1.165, 1.54) is 0 Å². The Morgan fingerprint density at radius 3 is 2.36 bits per heavy atom. The lowest BCUT2D eigenvalue weighted by atomic mass is 10.2. The summed E-state index contributed by atoms with van der Waals surface area (Å²) in [5.41, 5.74) is 0.927. The molecule has 3 heteroatoms. The van der Waals surface area contributed by atoms with E-state index in [0.29, 0.717) is 10.0 Å². The SMILES string of the molecule is COc1cc(C)c(Cl)c(Cl)c1. The Balaban J connectivity index is 3.21. The van der Waals surface area contributed by atoms with Gasteiger partial charge in [-0.3, -0.25) is 0 Å². The highest BCUT2D eigenvalue weighted by atomic mass is 35.5. The van der Waals surface area contributed by atoms with E-state index in [4.69, 9.17) is 27.9 Å². The van der Waals surface area contributed by atoms with Gasteiger partial charge in [-0.1, -0.05) is 23.2 Å². The van der Waals surface area contributed by atoms with Gasteiger partial charge in [-0.25, -0.2) is 0 Å². The zero-order valence-electron chi connectivity index (χ0n) is 6.32. The van der Waals surface area contributed by atoms with Crippen LogP contribution in [-0.2, 0) is 0 Å². The van der Waals surface area contributed by atoms with Crippen molar-refractivity contribution in [2.45, 2.75) is 6.92 Å². The molecule has 0 saturated carbocycles. The summed E-state index contributed by atoms with van der Waals surface area (Å²) in [4.78, 5) is 0. The molecule has 0 radical (unpaired) electrons. The average Bonchev–Trinajstić information content (AvgIpc) is 1.99. The molecule has 0 bridgehead atoms. The van der Waals surface area contributed by atoms with Crippen LogP contribution < -0.4 is 4.74 Å². The summed E-state index contributed by atoms with van der Waals surface area (Å²) < 4.78 is 4.99. The summed E-state index contributed by atoms with van der Waals surface area (Å²) in [5.74, 6) is 0.733. The highest BCUT2D eigenvalue weighted by molar-refractivity contribution is 6.42. The second-order valence-corrected chi connectivity index (χ2v) is 3.03. The van der Waals surface area contributed by atoms with Crippen LogP contribution >= 0.6 is 23.2 Å². The van der Waals surface area contributed by atoms with E-state index >= 15 is 0 Å². The van der Waals surface area contributed by atoms with E-state index in [1.54, 1.807) is 13.2 Å². The fraction of sp³-hybridized carbons (Fsp3) is 0.250. The molecule has 0 heterocycles. The Bertz CT molecular complexity index is 248. The van der Waals surface area contributed by atoms with Crippen LogP contribution in [0.4, 0.5) is 0 Å². The number of rotatable bonds is 1. The van der Waals surface area contributed by atoms with Gasteiger partial charge in [0, 0.05) is 6.07 Å². The quantitative estimate of drug-likeness (QED) is 0.661. The largest absolute Gasteiger partial charge is 0.497 e. The number of hydrogen-bond acceptors (Lipinski definition) is 1. The van der Waals surface area contributed by atoms with Gasteiger partial charge in [0.1, 0.15) is 5.75 Å². The van der Waals surface area contributed by atoms with Gasteiger partial charge >= 0.3 is 0 Å². The van der Waals surface area contributed by atoms with Crippen molar-refractivity contribution in [2.75, 3.05) is 7.11 Å². The van der Waals surface area contributed by atoms with E-state index in [0.717, 1.165) is 11.3 Å². The van der Waals surface area contributed by atoms with Crippen molar-refractivity contribution < 1.29 is 4.74 Å². The normalized spacial score (nSPS) is 9.82. The molecule has 0 atom stereocenters. The fourth-order valence-electron chi connectivity index (χ4n) is 0.813. The maximum Gasteiger partial charge on any atom is 0.120 e. The Labute approximate surface area is 75.9 Å². The molecule has 1 aromatic carbocycles. The van der Waals surface area contributed by atoms with Gasteiger partial charge in [0.15, 0.2) is 0 Å². The van der Waals surface area contributed by atoms with Crippen LogP contribution in [0.15, 0.2) is 12.1 Å². The first kappa shape index (κ1) is 8.69. The summed E-state index contributed by atoms with van der Waals surface area (Å²) in [6, 6.07) is 3.53. The van der Waals surface area contributed by atoms with Gasteiger partial charge in [-0.15, -0.1) is 0 Å². The van der Waals surface area contributed by atoms with Gasteiger partial charge in [-0.05, 0) is 18.6 Å². The van der Waals surface area contributed by atoms with Crippen molar-refractivity contribution in [2.24, 2.45) is 0 Å². The molecule has 0 aliphatic carbocycles. The highest BCUT2D eigenvalue weighted by Gasteiger charge is 2.03. The second-order valence-electron chi connectivity index (χ2n) is 2.24. The summed E-state index contributed by atoms with van der Waals surface area (Å²) in [7, 11) is 1.60. The third kappa shape index (κ3) is 1.79. The molecule has 0 N–H and O–H groups in total. The molecule has 60 valence electrons. The van der Waals surface area contributed by atoms with Crippen molar-refractivity contribution >= 4 is 23.2 Å². The number of halogens is 2. The molecule has 0 aliphatic rings. The summed E-state index contributed by atoms with van der Waals surface area (Å²) in [6.45, 7) is 1.89. The number of methoxy groups -OCH3 is 1. The molecule has 0 unspecified atom stereocenters. The Morgan fingerprint density at radius 1 is 1.27 bits per heavy atom. The third-order valence-corrected chi connectivity index (χ3v) is 2.32. The number of aryl methyl sites for hydroxylation is 1. The standard InChI is InChI=1S/C8H8Cl2O/c1-5-3-6(11-2)4-7(9)8(5)10/h3-4H,1-2H3. The van der Waals surface area contributed by atoms with Crippen LogP contribution in [0.3, 0.4) is 0 Å². The zero-order chi connectivity index (χ0) is 8.43. The molecule has 0 amide bonds. The van der Waals surface area contributed by atoms with Gasteiger partial charge in [0.2, 0.25) is 0 Å². The molecule has 0 fully saturated rings. The molecule has 1 rings (SSSR count). The van der Waals surface area contributed by atoms with Gasteiger partial charge in [0.05, 0.1) is 17.2 Å². The number of ether oxygens (including phenoxy) is 1. The summed E-state index contributed by atoms with van der Waals surface area (Å²) in [5, 5.41) is 1.12. The number of benzene rings is 1. The first-order chi connectivity index (χ1) is 5.15. The monoisotopic (exact) mass is 190 g/mol. The van der Waals surface area contributed by atoms with Crippen LogP contribution in [0.1, 0.15) is 5.56 Å². The van der Waals surface area contributed by atoms with Crippen LogP contribution in [0.25, 0.3) is 0 Å². The lowest BCUT2D eigenvalue weighted by Gasteiger charge is -2.04. The van der Waals surface area contributed by atoms with Crippen molar-refractivity contribution in [3.05, 3.63) is 27.7 Å². The van der Waals surface area contributed by atoms with E-state index in [-0.39, 0.29) is 0 Å². The van der Waals surface area contributed by atoms with Crippen LogP contribution in [-0.4, -0.2) is 7.11 Å². The topological polar surface area (TPSA) is 9.23 Å². The van der Waals surface area contributed by atoms with Gasteiger partial charge < -0.3 is 4.74 Å².